The molecule has 0 aliphatic carbocycles. The number of para-hydroxylation sites is 2. The predicted octanol–water partition coefficient (Wildman–Crippen LogP) is 5.91. The predicted molar refractivity (Wildman–Crippen MR) is 119 cm³/mol. The average molecular weight is 401 g/mol. The molecule has 0 saturated heterocycles. The molecule has 3 nitrogen and oxygen atoms in total. The first-order chi connectivity index (χ1) is 14.2. The average Bonchev–Trinajstić information content (AvgIpc) is 3.27. The fraction of sp³-hybridized carbons (Fsp3) is 0.200. The van der Waals surface area contributed by atoms with Crippen molar-refractivity contribution in [1.82, 2.24) is 0 Å². The summed E-state index contributed by atoms with van der Waals surface area (Å²) in [6.45, 7) is 0. The number of benzene rings is 3. The third-order valence-electron chi connectivity index (χ3n) is 6.12. The van der Waals surface area contributed by atoms with E-state index in [9.17, 15) is 0 Å². The lowest BCUT2D eigenvalue weighted by molar-refractivity contribution is 0.104. The van der Waals surface area contributed by atoms with Gasteiger partial charge in [0.05, 0.1) is 0 Å². The molecule has 2 atom stereocenters. The van der Waals surface area contributed by atoms with Crippen molar-refractivity contribution in [3.63, 3.8) is 0 Å². The van der Waals surface area contributed by atoms with Crippen LogP contribution in [-0.4, -0.2) is 11.8 Å². The topological polar surface area (TPSA) is 33.3 Å². The number of halogens is 1. The lowest BCUT2D eigenvalue weighted by atomic mass is 9.89. The molecule has 0 aromatic heterocycles. The summed E-state index contributed by atoms with van der Waals surface area (Å²) < 4.78 is 6.54. The van der Waals surface area contributed by atoms with Crippen LogP contribution in [0.1, 0.15) is 23.1 Å². The highest BCUT2D eigenvalue weighted by Gasteiger charge is 2.43. The Morgan fingerprint density at radius 1 is 0.931 bits per heavy atom. The molecule has 0 amide bonds. The molecule has 1 spiro atoms. The number of hydrogen-bond donors (Lipinski definition) is 2. The van der Waals surface area contributed by atoms with Crippen LogP contribution in [0.15, 0.2) is 72.8 Å². The molecule has 2 N–H and O–H groups in total. The van der Waals surface area contributed by atoms with Gasteiger partial charge in [-0.25, -0.2) is 0 Å². The first kappa shape index (κ1) is 17.0. The standard InChI is InChI=1S/C25H21ClN2O/c26-19-9-10-23-18(11-19)15-25(28-23)14-17(21-6-2-4-8-24(21)29-25)13-20-12-16-5-1-3-7-22(16)27-20/h1-11,13,20,27-28H,12,14-15H2. The number of hydrogen-bond acceptors (Lipinski definition) is 3. The minimum absolute atomic E-state index is 0.295. The summed E-state index contributed by atoms with van der Waals surface area (Å²) in [5.41, 5.74) is 6.99. The summed E-state index contributed by atoms with van der Waals surface area (Å²) in [5, 5.41) is 8.08. The maximum atomic E-state index is 6.54. The minimum atomic E-state index is -0.460. The third-order valence-corrected chi connectivity index (χ3v) is 6.36. The van der Waals surface area contributed by atoms with Gasteiger partial charge in [0, 0.05) is 40.8 Å². The van der Waals surface area contributed by atoms with E-state index in [-0.39, 0.29) is 0 Å². The Kier molecular flexibility index (Phi) is 3.69. The second-order valence-corrected chi connectivity index (χ2v) is 8.61. The quantitative estimate of drug-likeness (QED) is 0.533. The van der Waals surface area contributed by atoms with Crippen LogP contribution < -0.4 is 15.4 Å². The van der Waals surface area contributed by atoms with Crippen molar-refractivity contribution < 1.29 is 4.74 Å². The molecule has 0 radical (unpaired) electrons. The van der Waals surface area contributed by atoms with E-state index in [2.05, 4.69) is 65.2 Å². The van der Waals surface area contributed by atoms with E-state index < -0.39 is 5.72 Å². The van der Waals surface area contributed by atoms with E-state index in [1.165, 1.54) is 28.0 Å². The lowest BCUT2D eigenvalue weighted by Gasteiger charge is -2.37. The SMILES string of the molecule is Clc1ccc2c(c1)CC1(CC(=CC3Cc4ccccc4N3)c3ccccc3O1)N2. The Hall–Kier alpha value is -2.91. The van der Waals surface area contributed by atoms with Gasteiger partial charge in [-0.2, -0.15) is 0 Å². The third kappa shape index (κ3) is 2.89. The van der Waals surface area contributed by atoms with Crippen molar-refractivity contribution in [3.8, 4) is 5.75 Å². The van der Waals surface area contributed by atoms with Crippen LogP contribution in [0.25, 0.3) is 5.57 Å². The molecule has 0 bridgehead atoms. The highest BCUT2D eigenvalue weighted by atomic mass is 35.5. The van der Waals surface area contributed by atoms with Crippen molar-refractivity contribution in [1.29, 1.82) is 0 Å². The summed E-state index contributed by atoms with van der Waals surface area (Å²) in [6.07, 6.45) is 5.01. The van der Waals surface area contributed by atoms with E-state index in [1.807, 2.05) is 18.2 Å². The summed E-state index contributed by atoms with van der Waals surface area (Å²) >= 11 is 6.23. The summed E-state index contributed by atoms with van der Waals surface area (Å²) in [6, 6.07) is 23.2. The van der Waals surface area contributed by atoms with E-state index in [0.29, 0.717) is 6.04 Å². The monoisotopic (exact) mass is 400 g/mol. The number of anilines is 2. The zero-order chi connectivity index (χ0) is 19.4. The highest BCUT2D eigenvalue weighted by molar-refractivity contribution is 6.30. The molecule has 3 aliphatic rings. The molecule has 3 aromatic carbocycles. The normalized spacial score (nSPS) is 25.0. The lowest BCUT2D eigenvalue weighted by Crippen LogP contribution is -2.45. The maximum Gasteiger partial charge on any atom is 0.188 e. The van der Waals surface area contributed by atoms with Gasteiger partial charge in [0.15, 0.2) is 5.72 Å². The van der Waals surface area contributed by atoms with Gasteiger partial charge in [-0.15, -0.1) is 0 Å². The van der Waals surface area contributed by atoms with E-state index in [0.717, 1.165) is 35.7 Å². The van der Waals surface area contributed by atoms with Crippen LogP contribution in [0, 0.1) is 0 Å². The number of nitrogens with one attached hydrogen (secondary N) is 2. The van der Waals surface area contributed by atoms with E-state index in [1.54, 1.807) is 0 Å². The number of rotatable bonds is 1. The zero-order valence-corrected chi connectivity index (χ0v) is 16.7. The molecule has 3 aromatic rings. The molecular weight excluding hydrogens is 380 g/mol. The maximum absolute atomic E-state index is 6.54. The van der Waals surface area contributed by atoms with Crippen molar-refractivity contribution in [2.24, 2.45) is 0 Å². The van der Waals surface area contributed by atoms with Gasteiger partial charge in [-0.3, -0.25) is 0 Å². The fourth-order valence-electron chi connectivity index (χ4n) is 4.89. The Labute approximate surface area is 175 Å². The van der Waals surface area contributed by atoms with Gasteiger partial charge in [0.25, 0.3) is 0 Å². The van der Waals surface area contributed by atoms with Crippen LogP contribution in [0.5, 0.6) is 5.75 Å². The fourth-order valence-corrected chi connectivity index (χ4v) is 5.08. The summed E-state index contributed by atoms with van der Waals surface area (Å²) in [7, 11) is 0. The van der Waals surface area contributed by atoms with Crippen molar-refractivity contribution in [3.05, 3.63) is 94.5 Å². The van der Waals surface area contributed by atoms with Gasteiger partial charge >= 0.3 is 0 Å². The molecule has 0 fully saturated rings. The smallest absolute Gasteiger partial charge is 0.188 e. The second-order valence-electron chi connectivity index (χ2n) is 8.18. The van der Waals surface area contributed by atoms with Crippen LogP contribution in [0.4, 0.5) is 11.4 Å². The van der Waals surface area contributed by atoms with Crippen molar-refractivity contribution in [2.75, 3.05) is 10.6 Å². The van der Waals surface area contributed by atoms with Crippen LogP contribution in [0.3, 0.4) is 0 Å². The molecule has 6 rings (SSSR count). The molecule has 3 heterocycles. The summed E-state index contributed by atoms with van der Waals surface area (Å²) in [5.74, 6) is 0.937. The zero-order valence-electron chi connectivity index (χ0n) is 15.9. The Balaban J connectivity index is 1.37. The first-order valence-corrected chi connectivity index (χ1v) is 10.5. The molecule has 4 heteroatoms. The Morgan fingerprint density at radius 3 is 2.72 bits per heavy atom. The van der Waals surface area contributed by atoms with Gasteiger partial charge in [0.2, 0.25) is 0 Å². The van der Waals surface area contributed by atoms with Crippen molar-refractivity contribution in [2.45, 2.75) is 31.0 Å². The number of fused-ring (bicyclic) bond motifs is 3. The molecular formula is C25H21ClN2O. The Bertz CT molecular complexity index is 1130. The van der Waals surface area contributed by atoms with Gasteiger partial charge in [0.1, 0.15) is 5.75 Å². The molecule has 144 valence electrons. The molecule has 2 unspecified atom stereocenters. The molecule has 3 aliphatic heterocycles. The largest absolute Gasteiger partial charge is 0.467 e. The van der Waals surface area contributed by atoms with Crippen LogP contribution in [0.2, 0.25) is 5.02 Å². The van der Waals surface area contributed by atoms with Crippen LogP contribution >= 0.6 is 11.6 Å². The van der Waals surface area contributed by atoms with Gasteiger partial charge in [-0.1, -0.05) is 54.1 Å². The molecule has 29 heavy (non-hydrogen) atoms. The first-order valence-electron chi connectivity index (χ1n) is 10.1. The van der Waals surface area contributed by atoms with Crippen LogP contribution in [-0.2, 0) is 12.8 Å². The second kappa shape index (κ2) is 6.30. The highest BCUT2D eigenvalue weighted by Crippen LogP contribution is 2.46. The molecule has 0 saturated carbocycles. The van der Waals surface area contributed by atoms with E-state index in [4.69, 9.17) is 16.3 Å². The van der Waals surface area contributed by atoms with E-state index >= 15 is 0 Å². The number of ether oxygens (including phenoxy) is 1. The minimum Gasteiger partial charge on any atom is -0.467 e. The van der Waals surface area contributed by atoms with Gasteiger partial charge < -0.3 is 15.4 Å². The van der Waals surface area contributed by atoms with Gasteiger partial charge in [-0.05, 0) is 53.5 Å². The van der Waals surface area contributed by atoms with Crippen molar-refractivity contribution >= 4 is 28.5 Å². The summed E-state index contributed by atoms with van der Waals surface area (Å²) in [4.78, 5) is 0. The Morgan fingerprint density at radius 2 is 1.79 bits per heavy atom.